The van der Waals surface area contributed by atoms with Crippen LogP contribution in [0.1, 0.15) is 12.8 Å². The molecule has 150 valence electrons. The van der Waals surface area contributed by atoms with Crippen molar-refractivity contribution in [2.45, 2.75) is 12.8 Å². The van der Waals surface area contributed by atoms with Gasteiger partial charge < -0.3 is 25.3 Å². The van der Waals surface area contributed by atoms with Crippen LogP contribution in [0.25, 0.3) is 11.0 Å². The number of amides is 1. The van der Waals surface area contributed by atoms with Crippen LogP contribution in [0.3, 0.4) is 0 Å². The van der Waals surface area contributed by atoms with Crippen LogP contribution in [0, 0.1) is 5.41 Å². The molecule has 1 saturated carbocycles. The number of hydrogen-bond acceptors (Lipinski definition) is 6. The third kappa shape index (κ3) is 3.57. The summed E-state index contributed by atoms with van der Waals surface area (Å²) in [7, 11) is 0. The van der Waals surface area contributed by atoms with E-state index in [1.807, 2.05) is 17.2 Å². The van der Waals surface area contributed by atoms with E-state index < -0.39 is 0 Å². The highest BCUT2D eigenvalue weighted by Crippen LogP contribution is 2.48. The molecule has 3 N–H and O–H groups in total. The normalized spacial score (nSPS) is 18.1. The van der Waals surface area contributed by atoms with E-state index in [9.17, 15) is 4.79 Å². The average molecular weight is 392 g/mol. The molecule has 8 heteroatoms. The molecule has 1 aromatic carbocycles. The lowest BCUT2D eigenvalue weighted by Crippen LogP contribution is -2.39. The minimum Gasteiger partial charge on any atom is -0.484 e. The fourth-order valence-corrected chi connectivity index (χ4v) is 4.06. The zero-order chi connectivity index (χ0) is 19.8. The van der Waals surface area contributed by atoms with Gasteiger partial charge in [-0.25, -0.2) is 9.97 Å². The average Bonchev–Trinajstić information content (AvgIpc) is 3.37. The number of fused-ring (bicyclic) bond motifs is 1. The number of anilines is 2. The number of nitrogen functional groups attached to an aromatic ring is 1. The van der Waals surface area contributed by atoms with Gasteiger partial charge in [0, 0.05) is 43.5 Å². The fourth-order valence-electron chi connectivity index (χ4n) is 4.06. The summed E-state index contributed by atoms with van der Waals surface area (Å²) in [6.07, 6.45) is 5.75. The molecule has 1 aliphatic heterocycles. The third-order valence-corrected chi connectivity index (χ3v) is 5.88. The molecule has 29 heavy (non-hydrogen) atoms. The molecule has 1 saturated heterocycles. The highest BCUT2D eigenvalue weighted by Gasteiger charge is 2.48. The number of nitrogens with zero attached hydrogens (tertiary/aromatic N) is 4. The quantitative estimate of drug-likeness (QED) is 0.659. The summed E-state index contributed by atoms with van der Waals surface area (Å²) in [6, 6.07) is 9.12. The van der Waals surface area contributed by atoms with Crippen LogP contribution in [0.15, 0.2) is 42.9 Å². The number of aromatic nitrogens is 3. The molecule has 3 heterocycles. The van der Waals surface area contributed by atoms with E-state index in [1.54, 1.807) is 30.6 Å². The first-order valence-corrected chi connectivity index (χ1v) is 9.91. The van der Waals surface area contributed by atoms with E-state index >= 15 is 0 Å². The smallest absolute Gasteiger partial charge is 0.260 e. The zero-order valence-corrected chi connectivity index (χ0v) is 16.2. The molecule has 2 fully saturated rings. The molecule has 2 aromatic heterocycles. The van der Waals surface area contributed by atoms with Crippen molar-refractivity contribution < 1.29 is 9.53 Å². The number of ether oxygens (including phenoxy) is 1. The van der Waals surface area contributed by atoms with Crippen molar-refractivity contribution in [1.29, 1.82) is 0 Å². The van der Waals surface area contributed by atoms with Crippen molar-refractivity contribution in [3.8, 4) is 5.75 Å². The molecule has 1 aliphatic carbocycles. The van der Waals surface area contributed by atoms with E-state index in [0.717, 1.165) is 49.3 Å². The van der Waals surface area contributed by atoms with Gasteiger partial charge >= 0.3 is 0 Å². The first kappa shape index (κ1) is 17.8. The lowest BCUT2D eigenvalue weighted by molar-refractivity contribution is -0.133. The molecule has 3 aromatic rings. The maximum atomic E-state index is 12.8. The molecule has 0 bridgehead atoms. The fraction of sp³-hybridized carbons (Fsp3) is 0.381. The van der Waals surface area contributed by atoms with E-state index in [2.05, 4.69) is 19.9 Å². The maximum absolute atomic E-state index is 12.8. The number of carbonyl (C=O) groups excluding carboxylic acids is 1. The van der Waals surface area contributed by atoms with Crippen LogP contribution in [-0.2, 0) is 4.79 Å². The molecule has 2 aliphatic rings. The van der Waals surface area contributed by atoms with Gasteiger partial charge in [0.1, 0.15) is 23.5 Å². The highest BCUT2D eigenvalue weighted by atomic mass is 16.5. The van der Waals surface area contributed by atoms with Gasteiger partial charge in [-0.1, -0.05) is 0 Å². The second-order valence-corrected chi connectivity index (χ2v) is 8.03. The number of nitrogens with one attached hydrogen (secondary N) is 1. The Hall–Kier alpha value is -3.29. The Morgan fingerprint density at radius 3 is 2.76 bits per heavy atom. The SMILES string of the molecule is Nc1ccc(OCC(=O)N2CCN(c3ncnc4[nH]ccc34)CC3(CC3)C2)cc1. The number of H-pyrrole nitrogens is 1. The van der Waals surface area contributed by atoms with E-state index in [1.165, 1.54) is 0 Å². The Kier molecular flexibility index (Phi) is 4.26. The first-order valence-electron chi connectivity index (χ1n) is 9.91. The van der Waals surface area contributed by atoms with Gasteiger partial charge in [-0.3, -0.25) is 4.79 Å². The van der Waals surface area contributed by atoms with Crippen LogP contribution < -0.4 is 15.4 Å². The second kappa shape index (κ2) is 6.95. The molecule has 1 spiro atoms. The van der Waals surface area contributed by atoms with Gasteiger partial charge in [0.15, 0.2) is 6.61 Å². The van der Waals surface area contributed by atoms with Crippen molar-refractivity contribution in [3.63, 3.8) is 0 Å². The standard InChI is InChI=1S/C21H24N6O2/c22-15-1-3-16(4-2-15)29-11-18(28)26-9-10-27(13-21(12-26)6-7-21)20-17-5-8-23-19(17)24-14-25-20/h1-5,8,14H,6-7,9-13,22H2,(H,23,24,25). The molecule has 5 rings (SSSR count). The van der Waals surface area contributed by atoms with Gasteiger partial charge in [-0.15, -0.1) is 0 Å². The van der Waals surface area contributed by atoms with E-state index in [4.69, 9.17) is 10.5 Å². The van der Waals surface area contributed by atoms with Gasteiger partial charge in [0.2, 0.25) is 0 Å². The summed E-state index contributed by atoms with van der Waals surface area (Å²) in [5, 5.41) is 1.02. The van der Waals surface area contributed by atoms with Crippen LogP contribution >= 0.6 is 0 Å². The zero-order valence-electron chi connectivity index (χ0n) is 16.2. The largest absolute Gasteiger partial charge is 0.484 e. The van der Waals surface area contributed by atoms with Crippen molar-refractivity contribution in [2.24, 2.45) is 5.41 Å². The minimum atomic E-state index is 0.0180. The summed E-state index contributed by atoms with van der Waals surface area (Å²) < 4.78 is 5.68. The summed E-state index contributed by atoms with van der Waals surface area (Å²) in [4.78, 5) is 29.1. The lowest BCUT2D eigenvalue weighted by Gasteiger charge is -2.25. The van der Waals surface area contributed by atoms with Gasteiger partial charge in [-0.2, -0.15) is 0 Å². The lowest BCUT2D eigenvalue weighted by atomic mass is 10.1. The van der Waals surface area contributed by atoms with Gasteiger partial charge in [0.25, 0.3) is 5.91 Å². The Balaban J connectivity index is 1.29. The summed E-state index contributed by atoms with van der Waals surface area (Å²) in [6.45, 7) is 3.12. The van der Waals surface area contributed by atoms with Gasteiger partial charge in [-0.05, 0) is 43.2 Å². The monoisotopic (exact) mass is 392 g/mol. The van der Waals surface area contributed by atoms with Crippen LogP contribution in [0.4, 0.5) is 11.5 Å². The number of nitrogens with two attached hydrogens (primary N) is 1. The Bertz CT molecular complexity index is 1030. The Morgan fingerprint density at radius 1 is 1.14 bits per heavy atom. The van der Waals surface area contributed by atoms with Crippen molar-refractivity contribution in [3.05, 3.63) is 42.9 Å². The molecular formula is C21H24N6O2. The predicted octanol–water partition coefficient (Wildman–Crippen LogP) is 2.05. The van der Waals surface area contributed by atoms with Crippen molar-refractivity contribution in [1.82, 2.24) is 19.9 Å². The minimum absolute atomic E-state index is 0.0180. The molecular weight excluding hydrogens is 368 g/mol. The number of hydrogen-bond donors (Lipinski definition) is 2. The van der Waals surface area contributed by atoms with Crippen LogP contribution in [0.2, 0.25) is 0 Å². The number of carbonyl (C=O) groups is 1. The molecule has 0 atom stereocenters. The third-order valence-electron chi connectivity index (χ3n) is 5.88. The molecule has 8 nitrogen and oxygen atoms in total. The van der Waals surface area contributed by atoms with E-state index in [0.29, 0.717) is 18.0 Å². The van der Waals surface area contributed by atoms with Gasteiger partial charge in [0.05, 0.1) is 5.39 Å². The van der Waals surface area contributed by atoms with Crippen LogP contribution in [0.5, 0.6) is 5.75 Å². The summed E-state index contributed by atoms with van der Waals surface area (Å²) in [5.74, 6) is 1.61. The topological polar surface area (TPSA) is 100 Å². The molecule has 0 radical (unpaired) electrons. The first-order chi connectivity index (χ1) is 14.1. The molecule has 1 amide bonds. The number of aromatic amines is 1. The van der Waals surface area contributed by atoms with Crippen molar-refractivity contribution in [2.75, 3.05) is 43.4 Å². The number of benzene rings is 1. The Labute approximate surface area is 168 Å². The number of rotatable bonds is 4. The van der Waals surface area contributed by atoms with Crippen molar-refractivity contribution >= 4 is 28.4 Å². The highest BCUT2D eigenvalue weighted by molar-refractivity contribution is 5.87. The second-order valence-electron chi connectivity index (χ2n) is 8.03. The molecule has 0 unspecified atom stereocenters. The van der Waals surface area contributed by atoms with E-state index in [-0.39, 0.29) is 17.9 Å². The summed E-state index contributed by atoms with van der Waals surface area (Å²) >= 11 is 0. The van der Waals surface area contributed by atoms with Crippen LogP contribution in [-0.4, -0.2) is 58.5 Å². The predicted molar refractivity (Wildman–Crippen MR) is 111 cm³/mol. The maximum Gasteiger partial charge on any atom is 0.260 e. The Morgan fingerprint density at radius 2 is 1.97 bits per heavy atom. The summed E-state index contributed by atoms with van der Waals surface area (Å²) in [5.41, 5.74) is 7.37.